The first-order valence-corrected chi connectivity index (χ1v) is 5.05. The first-order chi connectivity index (χ1) is 7.77. The average molecular weight is 222 g/mol. The molecule has 0 saturated heterocycles. The molecule has 0 heterocycles. The van der Waals surface area contributed by atoms with E-state index in [0.29, 0.717) is 6.29 Å². The fourth-order valence-electron chi connectivity index (χ4n) is 1.15. The molecule has 0 aliphatic heterocycles. The smallest absolute Gasteiger partial charge is 0.342 e. The predicted octanol–water partition coefficient (Wildman–Crippen LogP) is 1.33. The van der Waals surface area contributed by atoms with E-state index in [-0.39, 0.29) is 13.2 Å². The monoisotopic (exact) mass is 222 g/mol. The van der Waals surface area contributed by atoms with E-state index in [9.17, 15) is 9.59 Å². The van der Waals surface area contributed by atoms with Crippen LogP contribution in [-0.2, 0) is 25.7 Å². The van der Waals surface area contributed by atoms with Crippen molar-refractivity contribution in [2.24, 2.45) is 0 Å². The van der Waals surface area contributed by atoms with Crippen molar-refractivity contribution in [1.29, 1.82) is 0 Å². The maximum atomic E-state index is 11.2. The van der Waals surface area contributed by atoms with Gasteiger partial charge in [-0.15, -0.1) is 0 Å². The topological polar surface area (TPSA) is 52.6 Å². The molecule has 0 amide bonds. The van der Waals surface area contributed by atoms with Gasteiger partial charge in [0, 0.05) is 0 Å². The summed E-state index contributed by atoms with van der Waals surface area (Å²) in [5, 5.41) is 0. The SMILES string of the molecule is CCOC(=O)[C@H](C=O)OCc1ccccc1. The zero-order chi connectivity index (χ0) is 11.8. The lowest BCUT2D eigenvalue weighted by molar-refractivity contribution is -0.158. The summed E-state index contributed by atoms with van der Waals surface area (Å²) in [5.41, 5.74) is 0.902. The molecule has 0 unspecified atom stereocenters. The standard InChI is InChI=1S/C12H14O4/c1-2-15-12(14)11(8-13)16-9-10-6-4-3-5-7-10/h3-8,11H,2,9H2,1H3/t11-/m0/s1. The Morgan fingerprint density at radius 3 is 2.62 bits per heavy atom. The molecule has 0 radical (unpaired) electrons. The van der Waals surface area contributed by atoms with E-state index in [0.717, 1.165) is 5.56 Å². The third-order valence-electron chi connectivity index (χ3n) is 1.91. The van der Waals surface area contributed by atoms with E-state index in [1.807, 2.05) is 30.3 Å². The second kappa shape index (κ2) is 6.74. The van der Waals surface area contributed by atoms with Crippen molar-refractivity contribution in [3.8, 4) is 0 Å². The Kier molecular flexibility index (Phi) is 5.22. The zero-order valence-corrected chi connectivity index (χ0v) is 9.09. The fraction of sp³-hybridized carbons (Fsp3) is 0.333. The van der Waals surface area contributed by atoms with Crippen molar-refractivity contribution in [2.45, 2.75) is 19.6 Å². The molecule has 4 heteroatoms. The minimum absolute atomic E-state index is 0.211. The highest BCUT2D eigenvalue weighted by molar-refractivity contribution is 5.90. The van der Waals surface area contributed by atoms with Crippen LogP contribution in [0.5, 0.6) is 0 Å². The van der Waals surface area contributed by atoms with Gasteiger partial charge in [0.1, 0.15) is 0 Å². The molecule has 0 aromatic heterocycles. The average Bonchev–Trinajstić information content (AvgIpc) is 2.31. The number of esters is 1. The normalized spacial score (nSPS) is 11.8. The predicted molar refractivity (Wildman–Crippen MR) is 57.7 cm³/mol. The van der Waals surface area contributed by atoms with Crippen LogP contribution in [-0.4, -0.2) is 25.0 Å². The van der Waals surface area contributed by atoms with Gasteiger partial charge >= 0.3 is 5.97 Å². The van der Waals surface area contributed by atoms with E-state index in [1.54, 1.807) is 6.92 Å². The molecule has 0 spiro atoms. The number of rotatable bonds is 6. The summed E-state index contributed by atoms with van der Waals surface area (Å²) in [6.45, 7) is 2.12. The summed E-state index contributed by atoms with van der Waals surface area (Å²) in [7, 11) is 0. The van der Waals surface area contributed by atoms with E-state index in [1.165, 1.54) is 0 Å². The van der Waals surface area contributed by atoms with Crippen LogP contribution in [0.3, 0.4) is 0 Å². The quantitative estimate of drug-likeness (QED) is 0.414. The zero-order valence-electron chi connectivity index (χ0n) is 9.09. The van der Waals surface area contributed by atoms with Gasteiger partial charge in [-0.3, -0.25) is 4.79 Å². The van der Waals surface area contributed by atoms with E-state index in [2.05, 4.69) is 4.74 Å². The van der Waals surface area contributed by atoms with E-state index >= 15 is 0 Å². The van der Waals surface area contributed by atoms with Gasteiger partial charge < -0.3 is 9.47 Å². The number of aldehydes is 1. The van der Waals surface area contributed by atoms with Crippen molar-refractivity contribution in [3.63, 3.8) is 0 Å². The van der Waals surface area contributed by atoms with Crippen LogP contribution in [0.2, 0.25) is 0 Å². The van der Waals surface area contributed by atoms with Crippen molar-refractivity contribution >= 4 is 12.3 Å². The van der Waals surface area contributed by atoms with Crippen LogP contribution in [0.1, 0.15) is 12.5 Å². The first kappa shape index (κ1) is 12.4. The molecule has 4 nitrogen and oxygen atoms in total. The van der Waals surface area contributed by atoms with Crippen LogP contribution in [0.15, 0.2) is 30.3 Å². The Labute approximate surface area is 94.2 Å². The van der Waals surface area contributed by atoms with Gasteiger partial charge in [0.15, 0.2) is 6.29 Å². The molecule has 1 aromatic rings. The molecule has 0 aliphatic carbocycles. The molecule has 0 bridgehead atoms. The van der Waals surface area contributed by atoms with Crippen molar-refractivity contribution in [3.05, 3.63) is 35.9 Å². The van der Waals surface area contributed by atoms with Crippen LogP contribution in [0, 0.1) is 0 Å². The van der Waals surface area contributed by atoms with Crippen LogP contribution in [0.4, 0.5) is 0 Å². The summed E-state index contributed by atoms with van der Waals surface area (Å²) in [6, 6.07) is 9.31. The van der Waals surface area contributed by atoms with Gasteiger partial charge in [0.05, 0.1) is 13.2 Å². The van der Waals surface area contributed by atoms with Crippen LogP contribution < -0.4 is 0 Å². The number of hydrogen-bond donors (Lipinski definition) is 0. The third kappa shape index (κ3) is 3.82. The van der Waals surface area contributed by atoms with Gasteiger partial charge in [0.2, 0.25) is 6.10 Å². The Hall–Kier alpha value is -1.68. The number of benzene rings is 1. The number of ether oxygens (including phenoxy) is 2. The molecule has 1 atom stereocenters. The van der Waals surface area contributed by atoms with Gasteiger partial charge in [-0.05, 0) is 12.5 Å². The van der Waals surface area contributed by atoms with Crippen molar-refractivity contribution < 1.29 is 19.1 Å². The molecule has 0 saturated carbocycles. The first-order valence-electron chi connectivity index (χ1n) is 5.05. The highest BCUT2D eigenvalue weighted by Crippen LogP contribution is 2.03. The summed E-state index contributed by atoms with van der Waals surface area (Å²) in [6.07, 6.45) is -0.693. The molecule has 86 valence electrons. The summed E-state index contributed by atoms with van der Waals surface area (Å²) in [5.74, 6) is -0.645. The largest absolute Gasteiger partial charge is 0.464 e. The van der Waals surface area contributed by atoms with Crippen LogP contribution in [0.25, 0.3) is 0 Å². The lowest BCUT2D eigenvalue weighted by Crippen LogP contribution is -2.27. The van der Waals surface area contributed by atoms with Crippen molar-refractivity contribution in [2.75, 3.05) is 6.61 Å². The number of carbonyl (C=O) groups is 2. The summed E-state index contributed by atoms with van der Waals surface area (Å²) < 4.78 is 9.84. The maximum absolute atomic E-state index is 11.2. The Morgan fingerprint density at radius 1 is 1.38 bits per heavy atom. The lowest BCUT2D eigenvalue weighted by atomic mass is 10.2. The summed E-state index contributed by atoms with van der Waals surface area (Å²) in [4.78, 5) is 21.8. The molecule has 16 heavy (non-hydrogen) atoms. The van der Waals surface area contributed by atoms with Gasteiger partial charge in [0.25, 0.3) is 0 Å². The van der Waals surface area contributed by atoms with Gasteiger partial charge in [-0.1, -0.05) is 30.3 Å². The molecule has 0 fully saturated rings. The maximum Gasteiger partial charge on any atom is 0.342 e. The molecule has 0 N–H and O–H groups in total. The Morgan fingerprint density at radius 2 is 2.06 bits per heavy atom. The molecular weight excluding hydrogens is 208 g/mol. The summed E-state index contributed by atoms with van der Waals surface area (Å²) >= 11 is 0. The molecular formula is C12H14O4. The highest BCUT2D eigenvalue weighted by Gasteiger charge is 2.19. The molecule has 0 aliphatic rings. The molecule has 1 rings (SSSR count). The second-order valence-corrected chi connectivity index (χ2v) is 3.11. The van der Waals surface area contributed by atoms with Crippen LogP contribution >= 0.6 is 0 Å². The second-order valence-electron chi connectivity index (χ2n) is 3.11. The van der Waals surface area contributed by atoms with Crippen molar-refractivity contribution in [1.82, 2.24) is 0 Å². The molecule has 1 aromatic carbocycles. The highest BCUT2D eigenvalue weighted by atomic mass is 16.6. The fourth-order valence-corrected chi connectivity index (χ4v) is 1.15. The van der Waals surface area contributed by atoms with E-state index < -0.39 is 12.1 Å². The minimum atomic E-state index is -1.14. The number of carbonyl (C=O) groups excluding carboxylic acids is 2. The lowest BCUT2D eigenvalue weighted by Gasteiger charge is -2.10. The number of hydrogen-bond acceptors (Lipinski definition) is 4. The van der Waals surface area contributed by atoms with Gasteiger partial charge in [-0.2, -0.15) is 0 Å². The van der Waals surface area contributed by atoms with Gasteiger partial charge in [-0.25, -0.2) is 4.79 Å². The Balaban J connectivity index is 2.46. The third-order valence-corrected chi connectivity index (χ3v) is 1.91. The van der Waals surface area contributed by atoms with E-state index in [4.69, 9.17) is 4.74 Å². The Bertz CT molecular complexity index is 334. The minimum Gasteiger partial charge on any atom is -0.464 e.